The number of hydrogen-bond donors (Lipinski definition) is 1. The Balaban J connectivity index is 2.50. The molecule has 1 aliphatic carbocycles. The monoisotopic (exact) mass is 298 g/mol. The molecule has 0 bridgehead atoms. The van der Waals surface area contributed by atoms with Gasteiger partial charge in [-0.25, -0.2) is 0 Å². The average Bonchev–Trinajstić information content (AvgIpc) is 3.21. The van der Waals surface area contributed by atoms with E-state index in [0.717, 1.165) is 45.3 Å². The van der Waals surface area contributed by atoms with E-state index < -0.39 is 5.97 Å². The van der Waals surface area contributed by atoms with E-state index in [-0.39, 0.29) is 19.0 Å². The quantitative estimate of drug-likeness (QED) is 0.600. The molecule has 5 nitrogen and oxygen atoms in total. The standard InChI is InChI=1S/C16H30N2O3/c1-3-5-9-18(10-6-4-2)15(19)12-17(13-16(20)21)11-14-7-8-14/h14H,3-13H2,1-2H3,(H,20,21). The van der Waals surface area contributed by atoms with Crippen LogP contribution in [0.3, 0.4) is 0 Å². The predicted octanol–water partition coefficient (Wildman–Crippen LogP) is 2.21. The van der Waals surface area contributed by atoms with Crippen LogP contribution in [0.2, 0.25) is 0 Å². The molecule has 0 saturated heterocycles. The van der Waals surface area contributed by atoms with Gasteiger partial charge in [0.15, 0.2) is 0 Å². The summed E-state index contributed by atoms with van der Waals surface area (Å²) < 4.78 is 0. The zero-order chi connectivity index (χ0) is 15.7. The lowest BCUT2D eigenvalue weighted by Gasteiger charge is -2.26. The van der Waals surface area contributed by atoms with Crippen molar-refractivity contribution in [2.24, 2.45) is 5.92 Å². The molecule has 0 unspecified atom stereocenters. The van der Waals surface area contributed by atoms with E-state index in [2.05, 4.69) is 13.8 Å². The number of unbranched alkanes of at least 4 members (excludes halogenated alkanes) is 2. The number of hydrogen-bond acceptors (Lipinski definition) is 3. The predicted molar refractivity (Wildman–Crippen MR) is 83.2 cm³/mol. The summed E-state index contributed by atoms with van der Waals surface area (Å²) in [6, 6.07) is 0. The van der Waals surface area contributed by atoms with E-state index in [1.165, 1.54) is 12.8 Å². The summed E-state index contributed by atoms with van der Waals surface area (Å²) in [6.45, 7) is 6.78. The van der Waals surface area contributed by atoms with Crippen LogP contribution in [0.1, 0.15) is 52.4 Å². The molecule has 0 atom stereocenters. The van der Waals surface area contributed by atoms with E-state index in [0.29, 0.717) is 5.92 Å². The van der Waals surface area contributed by atoms with Crippen LogP contribution in [0.15, 0.2) is 0 Å². The SMILES string of the molecule is CCCCN(CCCC)C(=O)CN(CC(=O)O)CC1CC1. The van der Waals surface area contributed by atoms with Crippen molar-refractivity contribution < 1.29 is 14.7 Å². The number of nitrogens with zero attached hydrogens (tertiary/aromatic N) is 2. The molecule has 1 amide bonds. The van der Waals surface area contributed by atoms with Gasteiger partial charge in [-0.3, -0.25) is 14.5 Å². The van der Waals surface area contributed by atoms with Crippen molar-refractivity contribution in [1.29, 1.82) is 0 Å². The Bertz CT molecular complexity index is 321. The highest BCUT2D eigenvalue weighted by Crippen LogP contribution is 2.29. The van der Waals surface area contributed by atoms with Gasteiger partial charge in [0, 0.05) is 19.6 Å². The Morgan fingerprint density at radius 2 is 1.62 bits per heavy atom. The third-order valence-corrected chi connectivity index (χ3v) is 3.85. The molecule has 1 fully saturated rings. The summed E-state index contributed by atoms with van der Waals surface area (Å²) in [6.07, 6.45) is 6.49. The van der Waals surface area contributed by atoms with Crippen LogP contribution < -0.4 is 0 Å². The Morgan fingerprint density at radius 3 is 2.05 bits per heavy atom. The minimum atomic E-state index is -0.850. The second kappa shape index (κ2) is 9.77. The largest absolute Gasteiger partial charge is 0.480 e. The molecule has 1 rings (SSSR count). The maximum atomic E-state index is 12.4. The Hall–Kier alpha value is -1.10. The summed E-state index contributed by atoms with van der Waals surface area (Å²) in [5.41, 5.74) is 0. The summed E-state index contributed by atoms with van der Waals surface area (Å²) in [5.74, 6) is -0.173. The molecule has 0 spiro atoms. The van der Waals surface area contributed by atoms with Crippen LogP contribution in [0.5, 0.6) is 0 Å². The van der Waals surface area contributed by atoms with Crippen molar-refractivity contribution >= 4 is 11.9 Å². The molecular formula is C16H30N2O3. The highest BCUT2D eigenvalue weighted by atomic mass is 16.4. The summed E-state index contributed by atoms with van der Waals surface area (Å²) in [7, 11) is 0. The molecule has 21 heavy (non-hydrogen) atoms. The maximum absolute atomic E-state index is 12.4. The first-order valence-electron chi connectivity index (χ1n) is 8.28. The smallest absolute Gasteiger partial charge is 0.317 e. The fourth-order valence-corrected chi connectivity index (χ4v) is 2.39. The van der Waals surface area contributed by atoms with E-state index >= 15 is 0 Å². The van der Waals surface area contributed by atoms with Gasteiger partial charge in [-0.05, 0) is 31.6 Å². The highest BCUT2D eigenvalue weighted by molar-refractivity contribution is 5.79. The molecule has 0 aromatic heterocycles. The van der Waals surface area contributed by atoms with Gasteiger partial charge in [0.1, 0.15) is 0 Å². The lowest BCUT2D eigenvalue weighted by Crippen LogP contribution is -2.43. The first-order valence-corrected chi connectivity index (χ1v) is 8.28. The minimum Gasteiger partial charge on any atom is -0.480 e. The van der Waals surface area contributed by atoms with Gasteiger partial charge in [0.2, 0.25) is 5.91 Å². The van der Waals surface area contributed by atoms with E-state index in [4.69, 9.17) is 5.11 Å². The molecule has 0 heterocycles. The highest BCUT2D eigenvalue weighted by Gasteiger charge is 2.27. The molecular weight excluding hydrogens is 268 g/mol. The van der Waals surface area contributed by atoms with Crippen molar-refractivity contribution in [1.82, 2.24) is 9.80 Å². The first-order chi connectivity index (χ1) is 10.1. The zero-order valence-electron chi connectivity index (χ0n) is 13.5. The maximum Gasteiger partial charge on any atom is 0.317 e. The molecule has 0 radical (unpaired) electrons. The third-order valence-electron chi connectivity index (χ3n) is 3.85. The molecule has 122 valence electrons. The minimum absolute atomic E-state index is 0.0301. The summed E-state index contributed by atoms with van der Waals surface area (Å²) >= 11 is 0. The number of rotatable bonds is 12. The van der Waals surface area contributed by atoms with Crippen molar-refractivity contribution in [2.75, 3.05) is 32.7 Å². The van der Waals surface area contributed by atoms with Crippen molar-refractivity contribution in [2.45, 2.75) is 52.4 Å². The second-order valence-electron chi connectivity index (χ2n) is 6.09. The molecule has 0 aliphatic heterocycles. The number of amides is 1. The van der Waals surface area contributed by atoms with E-state index in [1.54, 1.807) is 4.90 Å². The van der Waals surface area contributed by atoms with Crippen LogP contribution in [-0.2, 0) is 9.59 Å². The van der Waals surface area contributed by atoms with Gasteiger partial charge < -0.3 is 10.0 Å². The third kappa shape index (κ3) is 8.05. The number of aliphatic carboxylic acids is 1. The van der Waals surface area contributed by atoms with Gasteiger partial charge in [-0.2, -0.15) is 0 Å². The Kier molecular flexibility index (Phi) is 8.35. The van der Waals surface area contributed by atoms with Gasteiger partial charge in [-0.1, -0.05) is 26.7 Å². The molecule has 5 heteroatoms. The van der Waals surface area contributed by atoms with Crippen molar-refractivity contribution in [3.8, 4) is 0 Å². The van der Waals surface area contributed by atoms with Gasteiger partial charge >= 0.3 is 5.97 Å². The zero-order valence-corrected chi connectivity index (χ0v) is 13.5. The molecule has 0 aromatic carbocycles. The van der Waals surface area contributed by atoms with E-state index in [9.17, 15) is 9.59 Å². The number of carbonyl (C=O) groups is 2. The normalized spacial score (nSPS) is 14.4. The Labute approximate surface area is 128 Å². The average molecular weight is 298 g/mol. The molecule has 1 saturated carbocycles. The van der Waals surface area contributed by atoms with Crippen LogP contribution in [0.4, 0.5) is 0 Å². The second-order valence-corrected chi connectivity index (χ2v) is 6.09. The van der Waals surface area contributed by atoms with Gasteiger partial charge in [0.05, 0.1) is 13.1 Å². The van der Waals surface area contributed by atoms with Crippen molar-refractivity contribution in [3.63, 3.8) is 0 Å². The fraction of sp³-hybridized carbons (Fsp3) is 0.875. The number of carboxylic acids is 1. The molecule has 1 aliphatic rings. The van der Waals surface area contributed by atoms with Crippen LogP contribution in [0.25, 0.3) is 0 Å². The van der Waals surface area contributed by atoms with Crippen LogP contribution in [0, 0.1) is 5.92 Å². The van der Waals surface area contributed by atoms with Crippen molar-refractivity contribution in [3.05, 3.63) is 0 Å². The van der Waals surface area contributed by atoms with Gasteiger partial charge in [0.25, 0.3) is 0 Å². The topological polar surface area (TPSA) is 60.9 Å². The lowest BCUT2D eigenvalue weighted by atomic mass is 10.2. The summed E-state index contributed by atoms with van der Waals surface area (Å²) in [4.78, 5) is 27.1. The fourth-order valence-electron chi connectivity index (χ4n) is 2.39. The van der Waals surface area contributed by atoms with Crippen LogP contribution >= 0.6 is 0 Å². The van der Waals surface area contributed by atoms with Crippen LogP contribution in [-0.4, -0.2) is 59.5 Å². The number of carbonyl (C=O) groups excluding carboxylic acids is 1. The van der Waals surface area contributed by atoms with Gasteiger partial charge in [-0.15, -0.1) is 0 Å². The molecule has 0 aromatic rings. The lowest BCUT2D eigenvalue weighted by molar-refractivity contribution is -0.139. The Morgan fingerprint density at radius 1 is 1.05 bits per heavy atom. The van der Waals surface area contributed by atoms with E-state index in [1.807, 2.05) is 4.90 Å². The first kappa shape index (κ1) is 18.0. The summed E-state index contributed by atoms with van der Waals surface area (Å²) in [5, 5.41) is 8.98. The molecule has 1 N–H and O–H groups in total. The number of carboxylic acid groups (broad SMARTS) is 1.